The van der Waals surface area contributed by atoms with E-state index in [4.69, 9.17) is 9.47 Å². The molecule has 1 unspecified atom stereocenters. The molecule has 30 heavy (non-hydrogen) atoms. The Hall–Kier alpha value is -2.57. The largest absolute Gasteiger partial charge is 0.497 e. The van der Waals surface area contributed by atoms with Crippen molar-refractivity contribution in [2.75, 3.05) is 47.4 Å². The third kappa shape index (κ3) is 4.45. The van der Waals surface area contributed by atoms with E-state index in [9.17, 15) is 4.79 Å². The summed E-state index contributed by atoms with van der Waals surface area (Å²) in [6.07, 6.45) is 8.43. The van der Waals surface area contributed by atoms with Crippen LogP contribution in [0.1, 0.15) is 24.4 Å². The summed E-state index contributed by atoms with van der Waals surface area (Å²) in [4.78, 5) is 18.0. The first kappa shape index (κ1) is 20.7. The van der Waals surface area contributed by atoms with Gasteiger partial charge in [-0.2, -0.15) is 0 Å². The topological polar surface area (TPSA) is 46.9 Å². The molecule has 1 aromatic heterocycles. The van der Waals surface area contributed by atoms with Crippen LogP contribution in [0.2, 0.25) is 0 Å². The van der Waals surface area contributed by atoms with E-state index in [-0.39, 0.29) is 11.8 Å². The minimum Gasteiger partial charge on any atom is -0.497 e. The van der Waals surface area contributed by atoms with E-state index < -0.39 is 0 Å². The first-order valence-corrected chi connectivity index (χ1v) is 10.6. The highest BCUT2D eigenvalue weighted by atomic mass is 16.5. The summed E-state index contributed by atoms with van der Waals surface area (Å²) in [6.45, 7) is 3.35. The maximum Gasteiger partial charge on any atom is 0.178 e. The van der Waals surface area contributed by atoms with E-state index in [0.717, 1.165) is 55.1 Å². The van der Waals surface area contributed by atoms with Crippen molar-refractivity contribution in [3.8, 4) is 11.5 Å². The molecule has 2 aliphatic heterocycles. The van der Waals surface area contributed by atoms with Gasteiger partial charge in [0.15, 0.2) is 5.78 Å². The molecule has 2 aliphatic rings. The van der Waals surface area contributed by atoms with Crippen molar-refractivity contribution >= 4 is 11.9 Å². The number of nitrogens with zero attached hydrogens (tertiary/aromatic N) is 3. The van der Waals surface area contributed by atoms with Gasteiger partial charge < -0.3 is 14.0 Å². The molecule has 1 aromatic carbocycles. The zero-order valence-electron chi connectivity index (χ0n) is 18.1. The molecule has 6 heteroatoms. The van der Waals surface area contributed by atoms with Crippen LogP contribution >= 0.6 is 0 Å². The molecule has 4 rings (SSSR count). The average Bonchev–Trinajstić information content (AvgIpc) is 3.31. The van der Waals surface area contributed by atoms with Crippen LogP contribution in [0.3, 0.4) is 0 Å². The van der Waals surface area contributed by atoms with Gasteiger partial charge in [0.05, 0.1) is 20.3 Å². The molecule has 6 nitrogen and oxygen atoms in total. The monoisotopic (exact) mass is 409 g/mol. The van der Waals surface area contributed by atoms with Crippen LogP contribution in [0.5, 0.6) is 11.5 Å². The number of hydrogen-bond acceptors (Lipinski definition) is 5. The molecule has 0 radical (unpaired) electrons. The van der Waals surface area contributed by atoms with E-state index in [1.54, 1.807) is 14.2 Å². The second-order valence-electron chi connectivity index (χ2n) is 8.29. The lowest BCUT2D eigenvalue weighted by atomic mass is 9.93. The quantitative estimate of drug-likeness (QED) is 0.710. The molecule has 2 fully saturated rings. The van der Waals surface area contributed by atoms with Gasteiger partial charge in [-0.25, -0.2) is 0 Å². The van der Waals surface area contributed by atoms with Crippen LogP contribution in [0.4, 0.5) is 0 Å². The molecule has 0 saturated carbocycles. The van der Waals surface area contributed by atoms with Crippen molar-refractivity contribution in [2.45, 2.75) is 24.9 Å². The van der Waals surface area contributed by atoms with Crippen LogP contribution in [0.25, 0.3) is 6.08 Å². The number of carbonyl (C=O) groups is 1. The Balaban J connectivity index is 1.50. The maximum absolute atomic E-state index is 13.4. The van der Waals surface area contributed by atoms with Crippen LogP contribution in [-0.4, -0.2) is 73.6 Å². The Morgan fingerprint density at radius 1 is 1.00 bits per heavy atom. The van der Waals surface area contributed by atoms with E-state index >= 15 is 0 Å². The second-order valence-corrected chi connectivity index (χ2v) is 8.29. The number of ether oxygens (including phenoxy) is 2. The van der Waals surface area contributed by atoms with Gasteiger partial charge >= 0.3 is 0 Å². The van der Waals surface area contributed by atoms with Crippen LogP contribution in [0.15, 0.2) is 48.3 Å². The lowest BCUT2D eigenvalue weighted by Gasteiger charge is -2.41. The van der Waals surface area contributed by atoms with Crippen LogP contribution < -0.4 is 9.47 Å². The summed E-state index contributed by atoms with van der Waals surface area (Å²) >= 11 is 0. The summed E-state index contributed by atoms with van der Waals surface area (Å²) < 4.78 is 13.1. The average molecular weight is 410 g/mol. The Bertz CT molecular complexity index is 876. The van der Waals surface area contributed by atoms with E-state index in [2.05, 4.69) is 45.9 Å². The highest BCUT2D eigenvalue weighted by molar-refractivity contribution is 6.04. The molecule has 0 bridgehead atoms. The minimum absolute atomic E-state index is 0.0758. The number of Topliss-reactive ketones (excluding diaryl/α,β-unsaturated/α-hetero) is 1. The van der Waals surface area contributed by atoms with Crippen LogP contribution in [0, 0.1) is 0 Å². The van der Waals surface area contributed by atoms with Gasteiger partial charge in [-0.3, -0.25) is 14.6 Å². The standard InChI is InChI=1S/C24H31N3O3/c1-25-16-19(12-18-13-21(29-2)15-22(14-18)30-3)24(28)23(17-25)27-10-6-20(7-11-27)26-8-4-5-9-26/h4-5,8-9,12-15,20,23H,6-7,10-11,16-17H2,1-3H3. The number of benzene rings is 1. The number of hydrogen-bond donors (Lipinski definition) is 0. The molecule has 0 amide bonds. The van der Waals surface area contributed by atoms with Gasteiger partial charge in [0, 0.05) is 56.3 Å². The van der Waals surface area contributed by atoms with Crippen molar-refractivity contribution < 1.29 is 14.3 Å². The van der Waals surface area contributed by atoms with Gasteiger partial charge in [-0.05, 0) is 55.8 Å². The molecule has 160 valence electrons. The fourth-order valence-corrected chi connectivity index (χ4v) is 4.62. The number of carbonyl (C=O) groups excluding carboxylic acids is 1. The van der Waals surface area contributed by atoms with Gasteiger partial charge in [-0.15, -0.1) is 0 Å². The summed E-state index contributed by atoms with van der Waals surface area (Å²) in [5.41, 5.74) is 1.77. The molecule has 1 atom stereocenters. The highest BCUT2D eigenvalue weighted by Gasteiger charge is 2.35. The SMILES string of the molecule is COc1cc(C=C2CN(C)CC(N3CCC(n4cccc4)CC3)C2=O)cc(OC)c1. The highest BCUT2D eigenvalue weighted by Crippen LogP contribution is 2.28. The number of rotatable bonds is 5. The van der Waals surface area contributed by atoms with Crippen molar-refractivity contribution in [3.05, 3.63) is 53.9 Å². The van der Waals surface area contributed by atoms with Gasteiger partial charge in [0.2, 0.25) is 0 Å². The number of ketones is 1. The third-order valence-electron chi connectivity index (χ3n) is 6.25. The van der Waals surface area contributed by atoms with E-state index in [0.29, 0.717) is 12.6 Å². The van der Waals surface area contributed by atoms with E-state index in [1.165, 1.54) is 0 Å². The first-order valence-electron chi connectivity index (χ1n) is 10.6. The molecular formula is C24H31N3O3. The summed E-state index contributed by atoms with van der Waals surface area (Å²) in [7, 11) is 5.36. The molecule has 0 aliphatic carbocycles. The summed E-state index contributed by atoms with van der Waals surface area (Å²) in [5.74, 6) is 1.69. The van der Waals surface area contributed by atoms with Crippen molar-refractivity contribution in [1.82, 2.24) is 14.4 Å². The smallest absolute Gasteiger partial charge is 0.178 e. The number of methoxy groups -OCH3 is 2. The zero-order chi connectivity index (χ0) is 21.1. The summed E-state index contributed by atoms with van der Waals surface area (Å²) in [5, 5.41) is 0. The lowest BCUT2D eigenvalue weighted by Crippen LogP contribution is -2.55. The molecule has 3 heterocycles. The fraction of sp³-hybridized carbons (Fsp3) is 0.458. The summed E-state index contributed by atoms with van der Waals surface area (Å²) in [6, 6.07) is 10.3. The Morgan fingerprint density at radius 3 is 2.23 bits per heavy atom. The van der Waals surface area contributed by atoms with Crippen molar-refractivity contribution in [2.24, 2.45) is 0 Å². The first-order chi connectivity index (χ1) is 14.6. The van der Waals surface area contributed by atoms with Gasteiger partial charge in [-0.1, -0.05) is 0 Å². The normalized spacial score (nSPS) is 23.1. The number of likely N-dealkylation sites (tertiary alicyclic amines) is 2. The fourth-order valence-electron chi connectivity index (χ4n) is 4.62. The molecule has 2 saturated heterocycles. The second kappa shape index (κ2) is 9.06. The Kier molecular flexibility index (Phi) is 6.25. The van der Waals surface area contributed by atoms with Crippen LogP contribution in [-0.2, 0) is 4.79 Å². The third-order valence-corrected chi connectivity index (χ3v) is 6.25. The molecule has 0 spiro atoms. The Labute approximate surface area is 178 Å². The maximum atomic E-state index is 13.4. The molecular weight excluding hydrogens is 378 g/mol. The number of likely N-dealkylation sites (N-methyl/N-ethyl adjacent to an activating group) is 1. The predicted octanol–water partition coefficient (Wildman–Crippen LogP) is 3.11. The Morgan fingerprint density at radius 2 is 1.63 bits per heavy atom. The molecule has 2 aromatic rings. The number of piperidine rings is 2. The van der Waals surface area contributed by atoms with Crippen molar-refractivity contribution in [1.29, 1.82) is 0 Å². The van der Waals surface area contributed by atoms with Crippen molar-refractivity contribution in [3.63, 3.8) is 0 Å². The molecule has 0 N–H and O–H groups in total. The minimum atomic E-state index is -0.0758. The van der Waals surface area contributed by atoms with E-state index in [1.807, 2.05) is 24.3 Å². The van der Waals surface area contributed by atoms with Gasteiger partial charge in [0.1, 0.15) is 11.5 Å². The predicted molar refractivity (Wildman–Crippen MR) is 118 cm³/mol. The lowest BCUT2D eigenvalue weighted by molar-refractivity contribution is -0.123. The van der Waals surface area contributed by atoms with Gasteiger partial charge in [0.25, 0.3) is 0 Å². The number of aromatic nitrogens is 1. The zero-order valence-corrected chi connectivity index (χ0v) is 18.1.